The summed E-state index contributed by atoms with van der Waals surface area (Å²) >= 11 is 5.91. The molecule has 1 aromatic carbocycles. The van der Waals surface area contributed by atoms with Crippen LogP contribution in [0.2, 0.25) is 5.02 Å². The molecule has 1 saturated carbocycles. The number of nitrogens with zero attached hydrogens (tertiary/aromatic N) is 1. The Kier molecular flexibility index (Phi) is 4.20. The number of rotatable bonds is 5. The maximum Gasteiger partial charge on any atom is 0.288 e. The van der Waals surface area contributed by atoms with Gasteiger partial charge in [0.15, 0.2) is 0 Å². The molecule has 6 heteroatoms. The highest BCUT2D eigenvalue weighted by Gasteiger charge is 2.48. The number of nitrogens with one attached hydrogen (secondary N) is 1. The molecular formula is C14H19ClN2O3. The van der Waals surface area contributed by atoms with Gasteiger partial charge in [0.05, 0.1) is 11.0 Å². The molecule has 20 heavy (non-hydrogen) atoms. The van der Waals surface area contributed by atoms with Crippen LogP contribution in [0.15, 0.2) is 18.2 Å². The van der Waals surface area contributed by atoms with Crippen LogP contribution >= 0.6 is 11.6 Å². The molecule has 5 nitrogen and oxygen atoms in total. The van der Waals surface area contributed by atoms with Crippen molar-refractivity contribution in [3.63, 3.8) is 0 Å². The first-order valence-corrected chi connectivity index (χ1v) is 7.06. The van der Waals surface area contributed by atoms with E-state index >= 15 is 0 Å². The Bertz CT molecular complexity index is 519. The zero-order chi connectivity index (χ0) is 14.9. The SMILES string of the molecule is CCOC1CC(Nc2ccc([N+](=O)[O-])c(Cl)c2)C1(C)C. The summed E-state index contributed by atoms with van der Waals surface area (Å²) in [5, 5.41) is 14.3. The van der Waals surface area contributed by atoms with Crippen molar-refractivity contribution in [1.29, 1.82) is 0 Å². The lowest BCUT2D eigenvalue weighted by molar-refractivity contribution is -0.384. The lowest BCUT2D eigenvalue weighted by Crippen LogP contribution is -2.58. The van der Waals surface area contributed by atoms with Crippen LogP contribution in [-0.2, 0) is 4.74 Å². The maximum absolute atomic E-state index is 10.7. The molecule has 0 aliphatic heterocycles. The molecule has 110 valence electrons. The summed E-state index contributed by atoms with van der Waals surface area (Å²) in [7, 11) is 0. The van der Waals surface area contributed by atoms with E-state index in [1.54, 1.807) is 12.1 Å². The molecule has 0 spiro atoms. The van der Waals surface area contributed by atoms with Gasteiger partial charge in [-0.1, -0.05) is 25.4 Å². The Morgan fingerprint density at radius 3 is 2.75 bits per heavy atom. The first-order chi connectivity index (χ1) is 9.36. The minimum Gasteiger partial charge on any atom is -0.382 e. The molecule has 0 bridgehead atoms. The van der Waals surface area contributed by atoms with Gasteiger partial charge in [0, 0.05) is 29.8 Å². The third-order valence-corrected chi connectivity index (χ3v) is 4.33. The number of anilines is 1. The highest BCUT2D eigenvalue weighted by molar-refractivity contribution is 6.32. The zero-order valence-electron chi connectivity index (χ0n) is 11.9. The number of hydrogen-bond acceptors (Lipinski definition) is 4. The molecule has 0 radical (unpaired) electrons. The van der Waals surface area contributed by atoms with Crippen molar-refractivity contribution in [1.82, 2.24) is 0 Å². The second-order valence-electron chi connectivity index (χ2n) is 5.62. The van der Waals surface area contributed by atoms with E-state index in [1.165, 1.54) is 6.07 Å². The van der Waals surface area contributed by atoms with Crippen molar-refractivity contribution in [2.24, 2.45) is 5.41 Å². The van der Waals surface area contributed by atoms with E-state index in [0.29, 0.717) is 6.61 Å². The normalized spacial score (nSPS) is 24.0. The monoisotopic (exact) mass is 298 g/mol. The van der Waals surface area contributed by atoms with Crippen molar-refractivity contribution in [2.75, 3.05) is 11.9 Å². The van der Waals surface area contributed by atoms with Gasteiger partial charge in [-0.25, -0.2) is 0 Å². The van der Waals surface area contributed by atoms with Gasteiger partial charge in [-0.3, -0.25) is 10.1 Å². The van der Waals surface area contributed by atoms with E-state index in [1.807, 2.05) is 6.92 Å². The summed E-state index contributed by atoms with van der Waals surface area (Å²) in [6.45, 7) is 7.01. The largest absolute Gasteiger partial charge is 0.382 e. The van der Waals surface area contributed by atoms with Gasteiger partial charge in [-0.15, -0.1) is 0 Å². The van der Waals surface area contributed by atoms with Crippen LogP contribution in [0.5, 0.6) is 0 Å². The van der Waals surface area contributed by atoms with Crippen LogP contribution in [0.4, 0.5) is 11.4 Å². The number of hydrogen-bond donors (Lipinski definition) is 1. The van der Waals surface area contributed by atoms with E-state index in [2.05, 4.69) is 19.2 Å². The number of nitro groups is 1. The van der Waals surface area contributed by atoms with Crippen LogP contribution in [0.25, 0.3) is 0 Å². The molecule has 1 fully saturated rings. The van der Waals surface area contributed by atoms with Gasteiger partial charge in [0.25, 0.3) is 5.69 Å². The molecule has 0 aromatic heterocycles. The Hall–Kier alpha value is -1.33. The maximum atomic E-state index is 10.7. The summed E-state index contributed by atoms with van der Waals surface area (Å²) in [5.74, 6) is 0. The van der Waals surface area contributed by atoms with E-state index in [9.17, 15) is 10.1 Å². The number of ether oxygens (including phenoxy) is 1. The number of halogens is 1. The second kappa shape index (κ2) is 5.58. The lowest BCUT2D eigenvalue weighted by atomic mass is 9.64. The quantitative estimate of drug-likeness (QED) is 0.662. The number of nitro benzene ring substituents is 1. The summed E-state index contributed by atoms with van der Waals surface area (Å²) in [4.78, 5) is 10.2. The van der Waals surface area contributed by atoms with Crippen LogP contribution < -0.4 is 5.32 Å². The molecule has 0 heterocycles. The molecule has 0 saturated heterocycles. The highest BCUT2D eigenvalue weighted by Crippen LogP contribution is 2.44. The second-order valence-corrected chi connectivity index (χ2v) is 6.03. The average Bonchev–Trinajstić information content (AvgIpc) is 2.37. The van der Waals surface area contributed by atoms with Gasteiger partial charge < -0.3 is 10.1 Å². The summed E-state index contributed by atoms with van der Waals surface area (Å²) in [6, 6.07) is 4.99. The standard InChI is InChI=1S/C14H19ClN2O3/c1-4-20-13-8-12(14(13,2)3)16-9-5-6-11(17(18)19)10(15)7-9/h5-7,12-13,16H,4,8H2,1-3H3. The van der Waals surface area contributed by atoms with Crippen molar-refractivity contribution in [3.05, 3.63) is 33.3 Å². The van der Waals surface area contributed by atoms with Gasteiger partial charge in [-0.2, -0.15) is 0 Å². The van der Waals surface area contributed by atoms with Crippen molar-refractivity contribution >= 4 is 23.0 Å². The number of benzene rings is 1. The van der Waals surface area contributed by atoms with Crippen LogP contribution in [0.3, 0.4) is 0 Å². The molecule has 1 aliphatic carbocycles. The Morgan fingerprint density at radius 1 is 1.55 bits per heavy atom. The van der Waals surface area contributed by atoms with E-state index < -0.39 is 4.92 Å². The predicted octanol–water partition coefficient (Wildman–Crippen LogP) is 3.86. The molecule has 1 aromatic rings. The Labute approximate surface area is 123 Å². The Morgan fingerprint density at radius 2 is 2.25 bits per heavy atom. The molecule has 2 rings (SSSR count). The third kappa shape index (κ3) is 2.74. The fourth-order valence-electron chi connectivity index (χ4n) is 2.56. The minimum atomic E-state index is -0.482. The molecule has 0 amide bonds. The minimum absolute atomic E-state index is 0.0320. The fourth-order valence-corrected chi connectivity index (χ4v) is 2.81. The summed E-state index contributed by atoms with van der Waals surface area (Å²) in [5.41, 5.74) is 0.760. The topological polar surface area (TPSA) is 64.4 Å². The van der Waals surface area contributed by atoms with E-state index in [0.717, 1.165) is 12.1 Å². The van der Waals surface area contributed by atoms with Gasteiger partial charge >= 0.3 is 0 Å². The summed E-state index contributed by atoms with van der Waals surface area (Å²) < 4.78 is 5.68. The molecule has 2 atom stereocenters. The molecule has 1 N–H and O–H groups in total. The third-order valence-electron chi connectivity index (χ3n) is 4.03. The molecule has 2 unspecified atom stereocenters. The van der Waals surface area contributed by atoms with Gasteiger partial charge in [-0.05, 0) is 25.5 Å². The smallest absolute Gasteiger partial charge is 0.288 e. The average molecular weight is 299 g/mol. The lowest BCUT2D eigenvalue weighted by Gasteiger charge is -2.52. The van der Waals surface area contributed by atoms with Crippen molar-refractivity contribution < 1.29 is 9.66 Å². The first kappa shape index (κ1) is 15.1. The van der Waals surface area contributed by atoms with Crippen LogP contribution in [0, 0.1) is 15.5 Å². The van der Waals surface area contributed by atoms with Crippen molar-refractivity contribution in [2.45, 2.75) is 39.3 Å². The summed E-state index contributed by atoms with van der Waals surface area (Å²) in [6.07, 6.45) is 1.17. The van der Waals surface area contributed by atoms with Gasteiger partial charge in [0.1, 0.15) is 5.02 Å². The fraction of sp³-hybridized carbons (Fsp3) is 0.571. The van der Waals surface area contributed by atoms with E-state index in [4.69, 9.17) is 16.3 Å². The predicted molar refractivity (Wildman–Crippen MR) is 79.3 cm³/mol. The Balaban J connectivity index is 2.05. The van der Waals surface area contributed by atoms with Crippen molar-refractivity contribution in [3.8, 4) is 0 Å². The molecule has 1 aliphatic rings. The first-order valence-electron chi connectivity index (χ1n) is 6.68. The molecular weight excluding hydrogens is 280 g/mol. The van der Waals surface area contributed by atoms with E-state index in [-0.39, 0.29) is 28.3 Å². The van der Waals surface area contributed by atoms with Gasteiger partial charge in [0.2, 0.25) is 0 Å². The van der Waals surface area contributed by atoms with Crippen LogP contribution in [0.1, 0.15) is 27.2 Å². The highest BCUT2D eigenvalue weighted by atomic mass is 35.5. The van der Waals surface area contributed by atoms with Crippen LogP contribution in [-0.4, -0.2) is 23.7 Å². The zero-order valence-corrected chi connectivity index (χ0v) is 12.6.